The van der Waals surface area contributed by atoms with Gasteiger partial charge in [0.25, 0.3) is 0 Å². The Labute approximate surface area is 147 Å². The van der Waals surface area contributed by atoms with Crippen LogP contribution in [0.4, 0.5) is 0 Å². The third kappa shape index (κ3) is 3.37. The first-order valence-corrected chi connectivity index (χ1v) is 8.88. The SMILES string of the molecule is COc1c(CN[C@H](c2ccc(C)cc2)c2cccs2)c(C)nn1C. The number of methoxy groups -OCH3 is 1. The Bertz CT molecular complexity index is 791. The van der Waals surface area contributed by atoms with Gasteiger partial charge >= 0.3 is 0 Å². The summed E-state index contributed by atoms with van der Waals surface area (Å²) in [6.45, 7) is 4.84. The average Bonchev–Trinajstić information content (AvgIpc) is 3.18. The van der Waals surface area contributed by atoms with E-state index < -0.39 is 0 Å². The summed E-state index contributed by atoms with van der Waals surface area (Å²) in [7, 11) is 3.60. The summed E-state index contributed by atoms with van der Waals surface area (Å²) in [4.78, 5) is 1.30. The fourth-order valence-electron chi connectivity index (χ4n) is 2.94. The molecule has 0 saturated heterocycles. The van der Waals surface area contributed by atoms with E-state index in [2.05, 4.69) is 59.1 Å². The lowest BCUT2D eigenvalue weighted by atomic mass is 10.0. The van der Waals surface area contributed by atoms with Crippen molar-refractivity contribution < 1.29 is 4.74 Å². The summed E-state index contributed by atoms with van der Waals surface area (Å²) < 4.78 is 7.29. The number of aromatic nitrogens is 2. The van der Waals surface area contributed by atoms with Crippen LogP contribution in [-0.2, 0) is 13.6 Å². The Kier molecular flexibility index (Phi) is 5.02. The molecule has 3 rings (SSSR count). The molecule has 0 saturated carbocycles. The molecule has 3 aromatic rings. The van der Waals surface area contributed by atoms with Crippen LogP contribution in [-0.4, -0.2) is 16.9 Å². The Morgan fingerprint density at radius 2 is 1.96 bits per heavy atom. The molecule has 0 radical (unpaired) electrons. The molecule has 0 fully saturated rings. The predicted molar refractivity (Wildman–Crippen MR) is 98.7 cm³/mol. The van der Waals surface area contributed by atoms with Crippen molar-refractivity contribution in [1.29, 1.82) is 0 Å². The highest BCUT2D eigenvalue weighted by Crippen LogP contribution is 2.28. The quantitative estimate of drug-likeness (QED) is 0.737. The van der Waals surface area contributed by atoms with Crippen molar-refractivity contribution >= 4 is 11.3 Å². The molecular weight excluding hydrogens is 318 g/mol. The highest BCUT2D eigenvalue weighted by molar-refractivity contribution is 7.10. The summed E-state index contributed by atoms with van der Waals surface area (Å²) in [5.41, 5.74) is 4.64. The monoisotopic (exact) mass is 341 g/mol. The maximum absolute atomic E-state index is 5.50. The van der Waals surface area contributed by atoms with Crippen molar-refractivity contribution in [2.24, 2.45) is 7.05 Å². The maximum Gasteiger partial charge on any atom is 0.216 e. The molecule has 0 aliphatic heterocycles. The van der Waals surface area contributed by atoms with E-state index in [4.69, 9.17) is 4.74 Å². The Morgan fingerprint density at radius 3 is 2.58 bits per heavy atom. The van der Waals surface area contributed by atoms with Gasteiger partial charge < -0.3 is 10.1 Å². The minimum absolute atomic E-state index is 0.162. The van der Waals surface area contributed by atoms with E-state index in [1.54, 1.807) is 23.1 Å². The van der Waals surface area contributed by atoms with Crippen molar-refractivity contribution in [2.75, 3.05) is 7.11 Å². The summed E-state index contributed by atoms with van der Waals surface area (Å²) in [6, 6.07) is 13.1. The van der Waals surface area contributed by atoms with Gasteiger partial charge in [-0.1, -0.05) is 35.9 Å². The Hall–Kier alpha value is -2.11. The lowest BCUT2D eigenvalue weighted by Crippen LogP contribution is -2.21. The molecule has 0 amide bonds. The molecule has 1 N–H and O–H groups in total. The number of ether oxygens (including phenoxy) is 1. The summed E-state index contributed by atoms with van der Waals surface area (Å²) in [6.07, 6.45) is 0. The van der Waals surface area contributed by atoms with Crippen molar-refractivity contribution in [2.45, 2.75) is 26.4 Å². The lowest BCUT2D eigenvalue weighted by molar-refractivity contribution is 0.367. The van der Waals surface area contributed by atoms with Crippen LogP contribution < -0.4 is 10.1 Å². The second-order valence-electron chi connectivity index (χ2n) is 5.94. The molecule has 2 aromatic heterocycles. The van der Waals surface area contributed by atoms with Gasteiger partial charge in [-0.15, -0.1) is 11.3 Å². The van der Waals surface area contributed by atoms with Gasteiger partial charge in [0.15, 0.2) is 0 Å². The minimum atomic E-state index is 0.162. The van der Waals surface area contributed by atoms with Gasteiger partial charge in [0.1, 0.15) is 0 Å². The number of hydrogen-bond acceptors (Lipinski definition) is 4. The number of thiophene rings is 1. The number of aryl methyl sites for hydroxylation is 3. The van der Waals surface area contributed by atoms with Gasteiger partial charge in [0.05, 0.1) is 24.4 Å². The van der Waals surface area contributed by atoms with E-state index in [0.717, 1.165) is 17.1 Å². The molecule has 5 heteroatoms. The zero-order chi connectivity index (χ0) is 17.1. The van der Waals surface area contributed by atoms with E-state index in [1.165, 1.54) is 16.0 Å². The van der Waals surface area contributed by atoms with Crippen LogP contribution in [0.3, 0.4) is 0 Å². The van der Waals surface area contributed by atoms with Gasteiger partial charge in [-0.3, -0.25) is 0 Å². The topological polar surface area (TPSA) is 39.1 Å². The fourth-order valence-corrected chi connectivity index (χ4v) is 3.77. The number of rotatable bonds is 6. The number of nitrogens with one attached hydrogen (secondary N) is 1. The Morgan fingerprint density at radius 1 is 1.21 bits per heavy atom. The van der Waals surface area contributed by atoms with Crippen molar-refractivity contribution in [3.8, 4) is 5.88 Å². The second kappa shape index (κ2) is 7.20. The van der Waals surface area contributed by atoms with Gasteiger partial charge in [-0.2, -0.15) is 5.10 Å². The summed E-state index contributed by atoms with van der Waals surface area (Å²) >= 11 is 1.77. The first-order chi connectivity index (χ1) is 11.6. The summed E-state index contributed by atoms with van der Waals surface area (Å²) in [5.74, 6) is 0.814. The first kappa shape index (κ1) is 16.7. The van der Waals surface area contributed by atoms with E-state index in [-0.39, 0.29) is 6.04 Å². The maximum atomic E-state index is 5.50. The van der Waals surface area contributed by atoms with E-state index >= 15 is 0 Å². The normalized spacial score (nSPS) is 12.3. The van der Waals surface area contributed by atoms with Crippen LogP contribution in [0.25, 0.3) is 0 Å². The molecule has 126 valence electrons. The standard InChI is InChI=1S/C19H23N3OS/c1-13-7-9-15(10-8-13)18(17-6-5-11-24-17)20-12-16-14(2)21-22(3)19(16)23-4/h5-11,18,20H,12H2,1-4H3/t18-/m1/s1. The van der Waals surface area contributed by atoms with Crippen LogP contribution in [0.2, 0.25) is 0 Å². The molecule has 0 spiro atoms. The van der Waals surface area contributed by atoms with E-state index in [0.29, 0.717) is 6.54 Å². The molecule has 2 heterocycles. The highest BCUT2D eigenvalue weighted by Gasteiger charge is 2.18. The third-order valence-electron chi connectivity index (χ3n) is 4.20. The second-order valence-corrected chi connectivity index (χ2v) is 6.92. The lowest BCUT2D eigenvalue weighted by Gasteiger charge is -2.18. The van der Waals surface area contributed by atoms with Crippen molar-refractivity contribution in [1.82, 2.24) is 15.1 Å². The minimum Gasteiger partial charge on any atom is -0.481 e. The van der Waals surface area contributed by atoms with Crippen molar-refractivity contribution in [3.63, 3.8) is 0 Å². The van der Waals surface area contributed by atoms with Crippen LogP contribution in [0.5, 0.6) is 5.88 Å². The molecule has 1 aromatic carbocycles. The first-order valence-electron chi connectivity index (χ1n) is 8.00. The molecule has 24 heavy (non-hydrogen) atoms. The number of hydrogen-bond donors (Lipinski definition) is 1. The smallest absolute Gasteiger partial charge is 0.216 e. The molecular formula is C19H23N3OS. The molecule has 0 aliphatic carbocycles. The molecule has 4 nitrogen and oxygen atoms in total. The van der Waals surface area contributed by atoms with E-state index in [1.807, 2.05) is 14.0 Å². The van der Waals surface area contributed by atoms with Crippen molar-refractivity contribution in [3.05, 3.63) is 69.0 Å². The van der Waals surface area contributed by atoms with Crippen LogP contribution in [0.15, 0.2) is 41.8 Å². The largest absolute Gasteiger partial charge is 0.481 e. The van der Waals surface area contributed by atoms with Crippen LogP contribution >= 0.6 is 11.3 Å². The van der Waals surface area contributed by atoms with Crippen LogP contribution in [0.1, 0.15) is 33.3 Å². The molecule has 0 unspecified atom stereocenters. The predicted octanol–water partition coefficient (Wildman–Crippen LogP) is 3.99. The third-order valence-corrected chi connectivity index (χ3v) is 5.14. The molecule has 0 bridgehead atoms. The highest BCUT2D eigenvalue weighted by atomic mass is 32.1. The van der Waals surface area contributed by atoms with Crippen LogP contribution in [0, 0.1) is 13.8 Å². The van der Waals surface area contributed by atoms with Gasteiger partial charge in [0, 0.05) is 18.5 Å². The van der Waals surface area contributed by atoms with Gasteiger partial charge in [-0.05, 0) is 30.9 Å². The summed E-state index contributed by atoms with van der Waals surface area (Å²) in [5, 5.41) is 10.3. The molecule has 0 aliphatic rings. The molecule has 1 atom stereocenters. The average molecular weight is 341 g/mol. The number of benzene rings is 1. The van der Waals surface area contributed by atoms with E-state index in [9.17, 15) is 0 Å². The van der Waals surface area contributed by atoms with Gasteiger partial charge in [0.2, 0.25) is 5.88 Å². The number of nitrogens with zero attached hydrogens (tertiary/aromatic N) is 2. The fraction of sp³-hybridized carbons (Fsp3) is 0.316. The zero-order valence-corrected chi connectivity index (χ0v) is 15.4. The Balaban J connectivity index is 1.87. The zero-order valence-electron chi connectivity index (χ0n) is 14.5. The van der Waals surface area contributed by atoms with Gasteiger partial charge in [-0.25, -0.2) is 4.68 Å².